The monoisotopic (exact) mass is 489 g/mol. The molecule has 2 amide bonds. The summed E-state index contributed by atoms with van der Waals surface area (Å²) in [7, 11) is 0. The number of aromatic hydroxyl groups is 1. The van der Waals surface area contributed by atoms with Crippen LogP contribution in [0.5, 0.6) is 17.4 Å². The highest BCUT2D eigenvalue weighted by atomic mass is 19.1. The van der Waals surface area contributed by atoms with E-state index in [0.29, 0.717) is 17.2 Å². The van der Waals surface area contributed by atoms with E-state index in [0.717, 1.165) is 12.1 Å². The number of nitrogens with one attached hydrogen (secondary N) is 3. The quantitative estimate of drug-likeness (QED) is 0.241. The van der Waals surface area contributed by atoms with Gasteiger partial charge in [0.1, 0.15) is 17.3 Å². The number of hydrogen-bond donors (Lipinski definition) is 4. The zero-order valence-electron chi connectivity index (χ0n) is 18.8. The number of phenolic OH excluding ortho intramolecular Hbond substituents is 1. The number of phenols is 1. The van der Waals surface area contributed by atoms with Crippen molar-refractivity contribution in [1.29, 1.82) is 5.41 Å². The van der Waals surface area contributed by atoms with Crippen molar-refractivity contribution >= 4 is 17.4 Å². The van der Waals surface area contributed by atoms with E-state index in [4.69, 9.17) is 10.1 Å². The number of carbonyl (C=O) groups is 1. The van der Waals surface area contributed by atoms with Crippen molar-refractivity contribution in [2.45, 2.75) is 12.5 Å². The van der Waals surface area contributed by atoms with Crippen molar-refractivity contribution in [3.05, 3.63) is 108 Å². The topological polar surface area (TPSA) is 120 Å². The Bertz CT molecular complexity index is 1390. The van der Waals surface area contributed by atoms with E-state index in [1.165, 1.54) is 24.5 Å². The van der Waals surface area contributed by atoms with Gasteiger partial charge in [0.25, 0.3) is 0 Å². The van der Waals surface area contributed by atoms with E-state index in [1.807, 2.05) is 0 Å². The molecule has 2 heterocycles. The maximum atomic E-state index is 14.0. The Balaban J connectivity index is 1.53. The van der Waals surface area contributed by atoms with Crippen LogP contribution >= 0.6 is 0 Å². The molecule has 2 aromatic heterocycles. The average molecular weight is 489 g/mol. The van der Waals surface area contributed by atoms with E-state index < -0.39 is 23.7 Å². The molecule has 2 aromatic carbocycles. The largest absolute Gasteiger partial charge is 0.508 e. The number of halogens is 2. The van der Waals surface area contributed by atoms with Crippen LogP contribution in [0.2, 0.25) is 0 Å². The number of urea groups is 1. The second-order valence-corrected chi connectivity index (χ2v) is 7.67. The smallest absolute Gasteiger partial charge is 0.319 e. The van der Waals surface area contributed by atoms with Crippen LogP contribution in [-0.4, -0.2) is 26.8 Å². The van der Waals surface area contributed by atoms with Crippen LogP contribution in [0.25, 0.3) is 0 Å². The van der Waals surface area contributed by atoms with Crippen LogP contribution in [0.15, 0.2) is 85.3 Å². The molecule has 0 saturated carbocycles. The molecule has 8 nitrogen and oxygen atoms in total. The van der Waals surface area contributed by atoms with E-state index in [1.54, 1.807) is 42.6 Å². The molecular weight excluding hydrogens is 468 g/mol. The molecule has 0 fully saturated rings. The maximum Gasteiger partial charge on any atom is 0.319 e. The minimum Gasteiger partial charge on any atom is -0.508 e. The number of ether oxygens (including phenoxy) is 1. The first-order chi connectivity index (χ1) is 17.4. The van der Waals surface area contributed by atoms with Gasteiger partial charge < -0.3 is 25.9 Å². The first-order valence-electron chi connectivity index (χ1n) is 10.8. The molecule has 0 aliphatic carbocycles. The fourth-order valence-electron chi connectivity index (χ4n) is 3.43. The molecule has 0 spiro atoms. The molecule has 36 heavy (non-hydrogen) atoms. The Morgan fingerprint density at radius 1 is 1.06 bits per heavy atom. The van der Waals surface area contributed by atoms with Crippen LogP contribution in [0, 0.1) is 17.0 Å². The van der Waals surface area contributed by atoms with Crippen molar-refractivity contribution in [2.75, 3.05) is 5.32 Å². The minimum absolute atomic E-state index is 0.0426. The Labute approximate surface area is 205 Å². The first kappa shape index (κ1) is 24.3. The number of pyridine rings is 2. The van der Waals surface area contributed by atoms with Gasteiger partial charge in [-0.1, -0.05) is 24.3 Å². The maximum absolute atomic E-state index is 14.0. The molecule has 4 N–H and O–H groups in total. The van der Waals surface area contributed by atoms with E-state index in [-0.39, 0.29) is 35.2 Å². The zero-order valence-corrected chi connectivity index (χ0v) is 18.8. The van der Waals surface area contributed by atoms with Crippen molar-refractivity contribution < 1.29 is 23.4 Å². The van der Waals surface area contributed by atoms with Gasteiger partial charge in [0.2, 0.25) is 5.88 Å². The van der Waals surface area contributed by atoms with Crippen molar-refractivity contribution in [3.63, 3.8) is 0 Å². The number of carbonyl (C=O) groups excluding carboxylic acids is 1. The summed E-state index contributed by atoms with van der Waals surface area (Å²) in [5.41, 5.74) is 1.31. The molecule has 182 valence electrons. The van der Waals surface area contributed by atoms with Gasteiger partial charge in [0.05, 0.1) is 6.04 Å². The number of aromatic nitrogens is 2. The molecular formula is C26H21F2N5O3. The summed E-state index contributed by atoms with van der Waals surface area (Å²) in [4.78, 5) is 21.0. The minimum atomic E-state index is -0.926. The number of para-hydroxylation sites is 1. The van der Waals surface area contributed by atoms with Crippen LogP contribution < -0.4 is 15.4 Å². The fraction of sp³-hybridized carbons (Fsp3) is 0.0769. The third-order valence-electron chi connectivity index (χ3n) is 5.16. The predicted octanol–water partition coefficient (Wildman–Crippen LogP) is 5.57. The predicted molar refractivity (Wildman–Crippen MR) is 129 cm³/mol. The van der Waals surface area contributed by atoms with Gasteiger partial charge in [-0.05, 0) is 36.4 Å². The summed E-state index contributed by atoms with van der Waals surface area (Å²) in [6, 6.07) is 14.3. The van der Waals surface area contributed by atoms with Crippen molar-refractivity contribution in [1.82, 2.24) is 15.3 Å². The summed E-state index contributed by atoms with van der Waals surface area (Å²) in [6.07, 6.45) is 4.58. The van der Waals surface area contributed by atoms with Gasteiger partial charge in [-0.3, -0.25) is 4.98 Å². The average Bonchev–Trinajstić information content (AvgIpc) is 2.87. The summed E-state index contributed by atoms with van der Waals surface area (Å²) in [5, 5.41) is 24.2. The lowest BCUT2D eigenvalue weighted by Crippen LogP contribution is -2.34. The van der Waals surface area contributed by atoms with Crippen LogP contribution in [0.3, 0.4) is 0 Å². The second kappa shape index (κ2) is 11.0. The normalized spacial score (nSPS) is 11.4. The molecule has 1 unspecified atom stereocenters. The molecule has 0 bridgehead atoms. The number of rotatable bonds is 8. The summed E-state index contributed by atoms with van der Waals surface area (Å²) in [6.45, 7) is 0. The molecule has 4 aromatic rings. The van der Waals surface area contributed by atoms with Gasteiger partial charge in [-0.25, -0.2) is 18.6 Å². The highest BCUT2D eigenvalue weighted by Gasteiger charge is 2.21. The number of nitrogens with zero attached hydrogens (tertiary/aromatic N) is 2. The molecule has 0 aliphatic heterocycles. The van der Waals surface area contributed by atoms with Crippen molar-refractivity contribution in [3.8, 4) is 17.4 Å². The third kappa shape index (κ3) is 5.98. The molecule has 0 aliphatic rings. The van der Waals surface area contributed by atoms with Crippen LogP contribution in [0.1, 0.15) is 23.6 Å². The Hall–Kier alpha value is -4.86. The highest BCUT2D eigenvalue weighted by molar-refractivity contribution is 5.99. The Morgan fingerprint density at radius 2 is 1.86 bits per heavy atom. The SMILES string of the molecule is N=C(CC(NC(=O)Nc1cccnc1Oc1ccc(F)cc1F)c1ccccc1O)c1cccnc1. The van der Waals surface area contributed by atoms with Gasteiger partial charge in [-0.2, -0.15) is 0 Å². The van der Waals surface area contributed by atoms with Crippen LogP contribution in [-0.2, 0) is 0 Å². The Morgan fingerprint density at radius 3 is 2.61 bits per heavy atom. The van der Waals surface area contributed by atoms with Gasteiger partial charge >= 0.3 is 6.03 Å². The fourth-order valence-corrected chi connectivity index (χ4v) is 3.43. The van der Waals surface area contributed by atoms with Gasteiger partial charge in [0.15, 0.2) is 11.6 Å². The third-order valence-corrected chi connectivity index (χ3v) is 5.16. The number of hydrogen-bond acceptors (Lipinski definition) is 6. The van der Waals surface area contributed by atoms with Crippen molar-refractivity contribution in [2.24, 2.45) is 0 Å². The van der Waals surface area contributed by atoms with E-state index in [9.17, 15) is 18.7 Å². The lowest BCUT2D eigenvalue weighted by Gasteiger charge is -2.21. The molecule has 0 saturated heterocycles. The second-order valence-electron chi connectivity index (χ2n) is 7.67. The summed E-state index contributed by atoms with van der Waals surface area (Å²) in [5.74, 6) is -2.11. The van der Waals surface area contributed by atoms with Gasteiger partial charge in [-0.15, -0.1) is 0 Å². The Kier molecular flexibility index (Phi) is 7.45. The first-order valence-corrected chi connectivity index (χ1v) is 10.8. The zero-order chi connectivity index (χ0) is 25.5. The summed E-state index contributed by atoms with van der Waals surface area (Å²) < 4.78 is 32.7. The van der Waals surface area contributed by atoms with Crippen LogP contribution in [0.4, 0.5) is 19.3 Å². The molecule has 1 atom stereocenters. The number of benzene rings is 2. The lowest BCUT2D eigenvalue weighted by atomic mass is 9.97. The lowest BCUT2D eigenvalue weighted by molar-refractivity contribution is 0.248. The number of anilines is 1. The van der Waals surface area contributed by atoms with E-state index >= 15 is 0 Å². The highest BCUT2D eigenvalue weighted by Crippen LogP contribution is 2.30. The van der Waals surface area contributed by atoms with E-state index in [2.05, 4.69) is 20.6 Å². The number of amides is 2. The standard InChI is InChI=1S/C26H21F2N5O3/c27-17-9-10-24(19(28)13-17)36-25-21(7-4-12-31-25)32-26(35)33-22(18-6-1-2-8-23(18)34)14-20(29)16-5-3-11-30-15-16/h1-13,15,22,29,34H,14H2,(H2,32,33,35). The molecule has 4 rings (SSSR count). The van der Waals surface area contributed by atoms with Gasteiger partial charge in [0, 0.05) is 47.9 Å². The summed E-state index contributed by atoms with van der Waals surface area (Å²) >= 11 is 0. The molecule has 10 heteroatoms. The molecule has 0 radical (unpaired) electrons.